The molecule has 0 N–H and O–H groups in total. The van der Waals surface area contributed by atoms with Gasteiger partial charge in [-0.15, -0.1) is 0 Å². The molecule has 1 fully saturated rings. The molecule has 1 aromatic rings. The van der Waals surface area contributed by atoms with Crippen molar-refractivity contribution in [1.29, 1.82) is 0 Å². The van der Waals surface area contributed by atoms with Crippen LogP contribution in [0.25, 0.3) is 0 Å². The highest BCUT2D eigenvalue weighted by molar-refractivity contribution is 14.1. The molecule has 0 bridgehead atoms. The number of ether oxygens (including phenoxy) is 2. The highest BCUT2D eigenvalue weighted by atomic mass is 127. The van der Waals surface area contributed by atoms with Gasteiger partial charge in [-0.3, -0.25) is 4.98 Å². The van der Waals surface area contributed by atoms with Crippen LogP contribution in [-0.4, -0.2) is 17.9 Å². The monoisotopic (exact) mass is 319 g/mol. The Morgan fingerprint density at radius 1 is 1.53 bits per heavy atom. The predicted octanol–water partition coefficient (Wildman–Crippen LogP) is 2.90. The minimum Gasteiger partial charge on any atom is -0.462 e. The third-order valence-electron chi connectivity index (χ3n) is 2.35. The first kappa shape index (κ1) is 11.1. The molecule has 1 aliphatic heterocycles. The van der Waals surface area contributed by atoms with Gasteiger partial charge in [0.1, 0.15) is 0 Å². The van der Waals surface area contributed by atoms with Gasteiger partial charge in [0.15, 0.2) is 12.0 Å². The molecule has 1 aromatic heterocycles. The third-order valence-corrected chi connectivity index (χ3v) is 3.20. The minimum atomic E-state index is -0.0863. The Bertz CT molecular complexity index is 337. The topological polar surface area (TPSA) is 31.4 Å². The maximum atomic E-state index is 5.75. The van der Waals surface area contributed by atoms with E-state index in [2.05, 4.69) is 27.6 Å². The molecule has 82 valence electrons. The maximum absolute atomic E-state index is 5.75. The van der Waals surface area contributed by atoms with Gasteiger partial charge in [0.25, 0.3) is 0 Å². The van der Waals surface area contributed by atoms with E-state index in [9.17, 15) is 0 Å². The van der Waals surface area contributed by atoms with E-state index in [1.807, 2.05) is 13.0 Å². The summed E-state index contributed by atoms with van der Waals surface area (Å²) in [5, 5.41) is 0. The van der Waals surface area contributed by atoms with Gasteiger partial charge < -0.3 is 9.47 Å². The van der Waals surface area contributed by atoms with Crippen LogP contribution in [0.15, 0.2) is 12.3 Å². The van der Waals surface area contributed by atoms with Crippen molar-refractivity contribution in [2.75, 3.05) is 6.61 Å². The maximum Gasteiger partial charge on any atom is 0.199 e. The van der Waals surface area contributed by atoms with Crippen molar-refractivity contribution in [3.8, 4) is 5.75 Å². The van der Waals surface area contributed by atoms with Crippen LogP contribution in [0, 0.1) is 10.5 Å². The SMILES string of the molecule is Cc1cc(I)c(OC2CCCCO2)cn1. The van der Waals surface area contributed by atoms with Crippen LogP contribution < -0.4 is 4.74 Å². The first-order valence-corrected chi connectivity index (χ1v) is 6.24. The summed E-state index contributed by atoms with van der Waals surface area (Å²) in [6, 6.07) is 2.01. The van der Waals surface area contributed by atoms with Crippen molar-refractivity contribution in [3.63, 3.8) is 0 Å². The lowest BCUT2D eigenvalue weighted by Gasteiger charge is -2.23. The average Bonchev–Trinajstić information content (AvgIpc) is 2.24. The number of aryl methyl sites for hydroxylation is 1. The molecule has 1 unspecified atom stereocenters. The molecule has 0 saturated carbocycles. The quantitative estimate of drug-likeness (QED) is 0.786. The van der Waals surface area contributed by atoms with E-state index < -0.39 is 0 Å². The lowest BCUT2D eigenvalue weighted by atomic mass is 10.2. The van der Waals surface area contributed by atoms with Crippen LogP contribution in [0.2, 0.25) is 0 Å². The number of aromatic nitrogens is 1. The zero-order valence-corrected chi connectivity index (χ0v) is 10.9. The molecule has 0 aromatic carbocycles. The van der Waals surface area contributed by atoms with Crippen LogP contribution in [0.3, 0.4) is 0 Å². The lowest BCUT2D eigenvalue weighted by molar-refractivity contribution is -0.106. The molecular weight excluding hydrogens is 305 g/mol. The Labute approximate surface area is 103 Å². The summed E-state index contributed by atoms with van der Waals surface area (Å²) in [6.07, 6.45) is 4.99. The summed E-state index contributed by atoms with van der Waals surface area (Å²) in [6.45, 7) is 2.78. The van der Waals surface area contributed by atoms with Gasteiger partial charge in [-0.1, -0.05) is 0 Å². The predicted molar refractivity (Wildman–Crippen MR) is 65.9 cm³/mol. The fourth-order valence-corrected chi connectivity index (χ4v) is 2.26. The largest absolute Gasteiger partial charge is 0.462 e. The van der Waals surface area contributed by atoms with E-state index in [1.165, 1.54) is 6.42 Å². The smallest absolute Gasteiger partial charge is 0.199 e. The summed E-state index contributed by atoms with van der Waals surface area (Å²) in [5.41, 5.74) is 1.01. The lowest BCUT2D eigenvalue weighted by Crippen LogP contribution is -2.25. The first-order valence-electron chi connectivity index (χ1n) is 5.16. The number of hydrogen-bond acceptors (Lipinski definition) is 3. The number of halogens is 1. The summed E-state index contributed by atoms with van der Waals surface area (Å²) in [7, 11) is 0. The van der Waals surface area contributed by atoms with Crippen LogP contribution >= 0.6 is 22.6 Å². The third kappa shape index (κ3) is 3.04. The molecule has 1 atom stereocenters. The molecule has 2 rings (SSSR count). The van der Waals surface area contributed by atoms with Gasteiger partial charge >= 0.3 is 0 Å². The average molecular weight is 319 g/mol. The van der Waals surface area contributed by atoms with Crippen molar-refractivity contribution in [2.24, 2.45) is 0 Å². The second kappa shape index (κ2) is 5.12. The number of nitrogens with zero attached hydrogens (tertiary/aromatic N) is 1. The second-order valence-corrected chi connectivity index (χ2v) is 4.83. The molecule has 1 aliphatic rings. The Kier molecular flexibility index (Phi) is 3.80. The summed E-state index contributed by atoms with van der Waals surface area (Å²) < 4.78 is 12.4. The van der Waals surface area contributed by atoms with Gasteiger partial charge in [0.05, 0.1) is 16.4 Å². The van der Waals surface area contributed by atoms with E-state index in [1.54, 1.807) is 6.20 Å². The molecule has 0 radical (unpaired) electrons. The van der Waals surface area contributed by atoms with Crippen LogP contribution in [0.1, 0.15) is 25.0 Å². The molecule has 2 heterocycles. The van der Waals surface area contributed by atoms with Crippen molar-refractivity contribution in [2.45, 2.75) is 32.5 Å². The standard InChI is InChI=1S/C11H14INO2/c1-8-6-9(12)10(7-13-8)15-11-4-2-3-5-14-11/h6-7,11H,2-5H2,1H3. The fraction of sp³-hybridized carbons (Fsp3) is 0.545. The molecule has 1 saturated heterocycles. The second-order valence-electron chi connectivity index (χ2n) is 3.67. The zero-order chi connectivity index (χ0) is 10.7. The number of pyridine rings is 1. The Morgan fingerprint density at radius 3 is 3.07 bits per heavy atom. The van der Waals surface area contributed by atoms with Gasteiger partial charge in [-0.05, 0) is 48.4 Å². The van der Waals surface area contributed by atoms with E-state index in [0.29, 0.717) is 0 Å². The summed E-state index contributed by atoms with van der Waals surface area (Å²) in [4.78, 5) is 4.22. The molecule has 0 aliphatic carbocycles. The minimum absolute atomic E-state index is 0.0863. The molecular formula is C11H14INO2. The Balaban J connectivity index is 2.03. The first-order chi connectivity index (χ1) is 7.25. The summed E-state index contributed by atoms with van der Waals surface area (Å²) in [5.74, 6) is 0.827. The van der Waals surface area contributed by atoms with Crippen molar-refractivity contribution >= 4 is 22.6 Å². The molecule has 0 spiro atoms. The van der Waals surface area contributed by atoms with E-state index in [-0.39, 0.29) is 6.29 Å². The highest BCUT2D eigenvalue weighted by Gasteiger charge is 2.16. The van der Waals surface area contributed by atoms with E-state index >= 15 is 0 Å². The van der Waals surface area contributed by atoms with Crippen molar-refractivity contribution in [1.82, 2.24) is 4.98 Å². The zero-order valence-electron chi connectivity index (χ0n) is 8.70. The van der Waals surface area contributed by atoms with E-state index in [4.69, 9.17) is 9.47 Å². The van der Waals surface area contributed by atoms with Crippen LogP contribution in [0.4, 0.5) is 0 Å². The van der Waals surface area contributed by atoms with Crippen molar-refractivity contribution in [3.05, 3.63) is 21.5 Å². The van der Waals surface area contributed by atoms with Crippen LogP contribution in [0.5, 0.6) is 5.75 Å². The summed E-state index contributed by atoms with van der Waals surface area (Å²) >= 11 is 2.26. The van der Waals surface area contributed by atoms with Gasteiger partial charge in [0, 0.05) is 12.1 Å². The van der Waals surface area contributed by atoms with Gasteiger partial charge in [0.2, 0.25) is 0 Å². The fourth-order valence-electron chi connectivity index (χ4n) is 1.55. The molecule has 3 nitrogen and oxygen atoms in total. The normalized spacial score (nSPS) is 21.3. The highest BCUT2D eigenvalue weighted by Crippen LogP contribution is 2.24. The molecule has 15 heavy (non-hydrogen) atoms. The van der Waals surface area contributed by atoms with E-state index in [0.717, 1.165) is 34.5 Å². The number of rotatable bonds is 2. The number of hydrogen-bond donors (Lipinski definition) is 0. The van der Waals surface area contributed by atoms with Gasteiger partial charge in [-0.25, -0.2) is 0 Å². The van der Waals surface area contributed by atoms with Gasteiger partial charge in [-0.2, -0.15) is 0 Å². The Morgan fingerprint density at radius 2 is 2.40 bits per heavy atom. The molecule has 0 amide bonds. The van der Waals surface area contributed by atoms with Crippen LogP contribution in [-0.2, 0) is 4.74 Å². The Hall–Kier alpha value is -0.360. The van der Waals surface area contributed by atoms with Crippen molar-refractivity contribution < 1.29 is 9.47 Å². The molecule has 4 heteroatoms.